The first-order chi connectivity index (χ1) is 9.23. The molecule has 0 aliphatic carbocycles. The molecule has 112 valence electrons. The number of benzene rings is 1. The van der Waals surface area contributed by atoms with Crippen molar-refractivity contribution >= 4 is 6.09 Å². The van der Waals surface area contributed by atoms with Crippen LogP contribution in [0.2, 0.25) is 0 Å². The van der Waals surface area contributed by atoms with Crippen LogP contribution in [-0.4, -0.2) is 37.9 Å². The first-order valence-electron chi connectivity index (χ1n) is 5.50. The van der Waals surface area contributed by atoms with Crippen molar-refractivity contribution in [1.29, 1.82) is 0 Å². The van der Waals surface area contributed by atoms with Gasteiger partial charge < -0.3 is 14.4 Å². The average Bonchev–Trinajstić information content (AvgIpc) is 2.35. The highest BCUT2D eigenvalue weighted by atomic mass is 19.4. The molecule has 0 spiro atoms. The number of ether oxygens (including phenoxy) is 2. The Labute approximate surface area is 112 Å². The molecule has 0 atom stereocenters. The number of halogens is 4. The predicted molar refractivity (Wildman–Crippen MR) is 61.8 cm³/mol. The molecule has 0 aromatic heterocycles. The molecular formula is C12H13F4NO3. The summed E-state index contributed by atoms with van der Waals surface area (Å²) < 4.78 is 57.8. The van der Waals surface area contributed by atoms with E-state index in [-0.39, 0.29) is 12.3 Å². The van der Waals surface area contributed by atoms with Crippen molar-refractivity contribution in [3.05, 3.63) is 29.6 Å². The minimum Gasteiger partial charge on any atom is -0.494 e. The van der Waals surface area contributed by atoms with Gasteiger partial charge in [-0.2, -0.15) is 13.2 Å². The maximum Gasteiger partial charge on any atom is 0.422 e. The summed E-state index contributed by atoms with van der Waals surface area (Å²) in [5.74, 6) is -0.585. The van der Waals surface area contributed by atoms with Gasteiger partial charge in [-0.15, -0.1) is 0 Å². The molecule has 8 heteroatoms. The molecule has 1 aromatic rings. The maximum absolute atomic E-state index is 13.4. The van der Waals surface area contributed by atoms with Crippen LogP contribution in [0.3, 0.4) is 0 Å². The fourth-order valence-corrected chi connectivity index (χ4v) is 1.40. The second-order valence-electron chi connectivity index (χ2n) is 3.99. The van der Waals surface area contributed by atoms with Gasteiger partial charge in [-0.05, 0) is 17.7 Å². The maximum atomic E-state index is 13.4. The van der Waals surface area contributed by atoms with E-state index < -0.39 is 24.7 Å². The summed E-state index contributed by atoms with van der Waals surface area (Å²) in [4.78, 5) is 12.2. The van der Waals surface area contributed by atoms with E-state index in [1.54, 1.807) is 0 Å². The number of hydrogen-bond donors (Lipinski definition) is 0. The van der Waals surface area contributed by atoms with E-state index in [0.29, 0.717) is 5.56 Å². The smallest absolute Gasteiger partial charge is 0.422 e. The molecule has 20 heavy (non-hydrogen) atoms. The average molecular weight is 295 g/mol. The van der Waals surface area contributed by atoms with Gasteiger partial charge in [-0.1, -0.05) is 6.07 Å². The normalized spacial score (nSPS) is 11.1. The number of methoxy groups -OCH3 is 1. The number of carbonyl (C=O) groups is 1. The summed E-state index contributed by atoms with van der Waals surface area (Å²) in [7, 11) is 2.56. The number of nitrogens with zero attached hydrogens (tertiary/aromatic N) is 1. The van der Waals surface area contributed by atoms with Crippen LogP contribution in [0.15, 0.2) is 18.2 Å². The molecular weight excluding hydrogens is 282 g/mol. The van der Waals surface area contributed by atoms with Gasteiger partial charge in [-0.3, -0.25) is 0 Å². The van der Waals surface area contributed by atoms with E-state index in [1.807, 2.05) is 0 Å². The third kappa shape index (κ3) is 4.94. The van der Waals surface area contributed by atoms with Crippen molar-refractivity contribution in [1.82, 2.24) is 4.90 Å². The van der Waals surface area contributed by atoms with E-state index in [9.17, 15) is 22.4 Å². The molecule has 0 N–H and O–H groups in total. The molecule has 0 saturated heterocycles. The fraction of sp³-hybridized carbons (Fsp3) is 0.417. The molecule has 0 aliphatic heterocycles. The van der Waals surface area contributed by atoms with Gasteiger partial charge in [0.1, 0.15) is 0 Å². The Bertz CT molecular complexity index is 476. The lowest BCUT2D eigenvalue weighted by Crippen LogP contribution is -2.30. The van der Waals surface area contributed by atoms with Gasteiger partial charge in [0.25, 0.3) is 0 Å². The van der Waals surface area contributed by atoms with E-state index in [1.165, 1.54) is 26.3 Å². The second kappa shape index (κ2) is 6.44. The minimum atomic E-state index is -4.58. The second-order valence-corrected chi connectivity index (χ2v) is 3.99. The minimum absolute atomic E-state index is 0.0380. The highest BCUT2D eigenvalue weighted by molar-refractivity contribution is 5.67. The summed E-state index contributed by atoms with van der Waals surface area (Å²) in [6, 6.07) is 3.99. The van der Waals surface area contributed by atoms with Crippen LogP contribution in [-0.2, 0) is 11.3 Å². The first kappa shape index (κ1) is 16.1. The Morgan fingerprint density at radius 1 is 1.35 bits per heavy atom. The molecule has 0 bridgehead atoms. The van der Waals surface area contributed by atoms with E-state index in [2.05, 4.69) is 4.74 Å². The third-order valence-electron chi connectivity index (χ3n) is 2.31. The molecule has 0 unspecified atom stereocenters. The summed E-state index contributed by atoms with van der Waals surface area (Å²) in [6.07, 6.45) is -5.72. The predicted octanol–water partition coefficient (Wildman–Crippen LogP) is 2.97. The van der Waals surface area contributed by atoms with E-state index in [4.69, 9.17) is 4.74 Å². The zero-order valence-electron chi connectivity index (χ0n) is 10.8. The van der Waals surface area contributed by atoms with Crippen molar-refractivity contribution in [2.45, 2.75) is 12.7 Å². The highest BCUT2D eigenvalue weighted by Gasteiger charge is 2.30. The van der Waals surface area contributed by atoms with Crippen LogP contribution in [0.25, 0.3) is 0 Å². The largest absolute Gasteiger partial charge is 0.494 e. The SMILES string of the molecule is COc1ccc(CN(C)C(=O)OCC(F)(F)F)cc1F. The molecule has 0 aliphatic rings. The lowest BCUT2D eigenvalue weighted by atomic mass is 10.2. The van der Waals surface area contributed by atoms with Gasteiger partial charge in [0.2, 0.25) is 0 Å². The van der Waals surface area contributed by atoms with Gasteiger partial charge in [0, 0.05) is 13.6 Å². The molecule has 1 amide bonds. The molecule has 0 saturated carbocycles. The zero-order valence-corrected chi connectivity index (χ0v) is 10.8. The standard InChI is InChI=1S/C12H13F4NO3/c1-17(11(18)20-7-12(14,15)16)6-8-3-4-10(19-2)9(13)5-8/h3-5H,6-7H2,1-2H3. The summed E-state index contributed by atoms with van der Waals surface area (Å²) >= 11 is 0. The topological polar surface area (TPSA) is 38.8 Å². The van der Waals surface area contributed by atoms with Gasteiger partial charge >= 0.3 is 12.3 Å². The molecule has 0 fully saturated rings. The molecule has 4 nitrogen and oxygen atoms in total. The monoisotopic (exact) mass is 295 g/mol. The Morgan fingerprint density at radius 3 is 2.50 bits per heavy atom. The van der Waals surface area contributed by atoms with Crippen molar-refractivity contribution in [3.8, 4) is 5.75 Å². The fourth-order valence-electron chi connectivity index (χ4n) is 1.40. The number of amides is 1. The number of carbonyl (C=O) groups excluding carboxylic acids is 1. The lowest BCUT2D eigenvalue weighted by molar-refractivity contribution is -0.162. The summed E-state index contributed by atoms with van der Waals surface area (Å²) in [5.41, 5.74) is 0.398. The summed E-state index contributed by atoms with van der Waals surface area (Å²) in [6.45, 7) is -1.75. The van der Waals surface area contributed by atoms with Gasteiger partial charge in [0.05, 0.1) is 7.11 Å². The molecule has 0 radical (unpaired) electrons. The molecule has 1 aromatic carbocycles. The quantitative estimate of drug-likeness (QED) is 0.802. The zero-order chi connectivity index (χ0) is 15.3. The lowest BCUT2D eigenvalue weighted by Gasteiger charge is -2.18. The van der Waals surface area contributed by atoms with Crippen LogP contribution in [0, 0.1) is 5.82 Å². The Balaban J connectivity index is 2.59. The van der Waals surface area contributed by atoms with Gasteiger partial charge in [0.15, 0.2) is 18.2 Å². The van der Waals surface area contributed by atoms with Crippen molar-refractivity contribution in [2.75, 3.05) is 20.8 Å². The van der Waals surface area contributed by atoms with Crippen LogP contribution in [0.5, 0.6) is 5.75 Å². The van der Waals surface area contributed by atoms with Crippen LogP contribution in [0.4, 0.5) is 22.4 Å². The van der Waals surface area contributed by atoms with Crippen molar-refractivity contribution < 1.29 is 31.8 Å². The molecule has 1 rings (SSSR count). The highest BCUT2D eigenvalue weighted by Crippen LogP contribution is 2.19. The first-order valence-corrected chi connectivity index (χ1v) is 5.50. The Morgan fingerprint density at radius 2 is 2.00 bits per heavy atom. The Kier molecular flexibility index (Phi) is 5.18. The van der Waals surface area contributed by atoms with Gasteiger partial charge in [-0.25, -0.2) is 9.18 Å². The Hall–Kier alpha value is -1.99. The van der Waals surface area contributed by atoms with Crippen molar-refractivity contribution in [3.63, 3.8) is 0 Å². The van der Waals surface area contributed by atoms with Crippen molar-refractivity contribution in [2.24, 2.45) is 0 Å². The third-order valence-corrected chi connectivity index (χ3v) is 2.31. The number of rotatable bonds is 4. The number of alkyl halides is 3. The molecule has 0 heterocycles. The van der Waals surface area contributed by atoms with E-state index >= 15 is 0 Å². The van der Waals surface area contributed by atoms with Crippen LogP contribution >= 0.6 is 0 Å². The van der Waals surface area contributed by atoms with E-state index in [0.717, 1.165) is 11.0 Å². The number of hydrogen-bond acceptors (Lipinski definition) is 3. The van der Waals surface area contributed by atoms with Crippen LogP contribution in [0.1, 0.15) is 5.56 Å². The summed E-state index contributed by atoms with van der Waals surface area (Å²) in [5, 5.41) is 0. The van der Waals surface area contributed by atoms with Crippen LogP contribution < -0.4 is 4.74 Å².